The molecule has 0 radical (unpaired) electrons. The van der Waals surface area contributed by atoms with Crippen molar-refractivity contribution in [3.63, 3.8) is 0 Å². The summed E-state index contributed by atoms with van der Waals surface area (Å²) in [7, 11) is 0. The van der Waals surface area contributed by atoms with Gasteiger partial charge in [-0.15, -0.1) is 0 Å². The minimum atomic E-state index is 0.410. The molecule has 0 unspecified atom stereocenters. The molecular formula is C10H7Cl3IN3. The van der Waals surface area contributed by atoms with Crippen molar-refractivity contribution in [3.8, 4) is 5.69 Å². The van der Waals surface area contributed by atoms with Crippen molar-refractivity contribution in [2.75, 3.05) is 5.73 Å². The van der Waals surface area contributed by atoms with Crippen LogP contribution in [0.3, 0.4) is 0 Å². The van der Waals surface area contributed by atoms with E-state index < -0.39 is 0 Å². The highest BCUT2D eigenvalue weighted by atomic mass is 127. The SMILES string of the molecule is Cc1nn(-c2c(Cl)cc(Cl)cc2Cl)c(N)c1I. The average Bonchev–Trinajstić information content (AvgIpc) is 2.45. The third-order valence-corrected chi connectivity index (χ3v) is 4.34. The zero-order valence-corrected chi connectivity index (χ0v) is 13.1. The van der Waals surface area contributed by atoms with Crippen LogP contribution in [0.25, 0.3) is 5.69 Å². The fourth-order valence-electron chi connectivity index (χ4n) is 1.43. The molecule has 0 saturated heterocycles. The molecule has 0 bridgehead atoms. The largest absolute Gasteiger partial charge is 0.383 e. The maximum atomic E-state index is 6.12. The highest BCUT2D eigenvalue weighted by Gasteiger charge is 2.16. The minimum Gasteiger partial charge on any atom is -0.383 e. The number of benzene rings is 1. The van der Waals surface area contributed by atoms with Crippen LogP contribution in [-0.2, 0) is 0 Å². The van der Waals surface area contributed by atoms with Crippen LogP contribution in [-0.4, -0.2) is 9.78 Å². The molecule has 1 aromatic carbocycles. The first kappa shape index (κ1) is 13.3. The van der Waals surface area contributed by atoms with Crippen molar-refractivity contribution in [2.45, 2.75) is 6.92 Å². The zero-order chi connectivity index (χ0) is 12.7. The Bertz CT molecular complexity index is 572. The Morgan fingerprint density at radius 2 is 1.76 bits per heavy atom. The van der Waals surface area contributed by atoms with Crippen molar-refractivity contribution >= 4 is 63.2 Å². The van der Waals surface area contributed by atoms with Gasteiger partial charge in [-0.1, -0.05) is 34.8 Å². The Morgan fingerprint density at radius 1 is 1.24 bits per heavy atom. The van der Waals surface area contributed by atoms with Crippen LogP contribution >= 0.6 is 57.4 Å². The van der Waals surface area contributed by atoms with Crippen molar-refractivity contribution in [3.05, 3.63) is 36.5 Å². The summed E-state index contributed by atoms with van der Waals surface area (Å²) in [5.74, 6) is 0.509. The first-order valence-electron chi connectivity index (χ1n) is 4.57. The molecule has 3 nitrogen and oxygen atoms in total. The second-order valence-electron chi connectivity index (χ2n) is 3.41. The van der Waals surface area contributed by atoms with Crippen molar-refractivity contribution in [2.24, 2.45) is 0 Å². The molecule has 0 fully saturated rings. The third kappa shape index (κ3) is 2.36. The topological polar surface area (TPSA) is 43.8 Å². The van der Waals surface area contributed by atoms with Gasteiger partial charge in [0.25, 0.3) is 0 Å². The second-order valence-corrected chi connectivity index (χ2v) is 5.74. The number of hydrogen-bond donors (Lipinski definition) is 1. The molecular weight excluding hydrogens is 395 g/mol. The molecule has 7 heteroatoms. The van der Waals surface area contributed by atoms with Crippen LogP contribution in [0.2, 0.25) is 15.1 Å². The van der Waals surface area contributed by atoms with Gasteiger partial charge in [0, 0.05) is 5.02 Å². The van der Waals surface area contributed by atoms with Crippen molar-refractivity contribution in [1.29, 1.82) is 0 Å². The lowest BCUT2D eigenvalue weighted by Crippen LogP contribution is -2.04. The Labute approximate surface area is 127 Å². The molecule has 2 rings (SSSR count). The predicted octanol–water partition coefficient (Wildman–Crippen LogP) is 4.33. The average molecular weight is 402 g/mol. The maximum Gasteiger partial charge on any atom is 0.141 e. The van der Waals surface area contributed by atoms with Gasteiger partial charge in [-0.3, -0.25) is 0 Å². The molecule has 90 valence electrons. The van der Waals surface area contributed by atoms with E-state index in [0.717, 1.165) is 9.26 Å². The first-order chi connectivity index (χ1) is 7.91. The molecule has 0 aliphatic carbocycles. The molecule has 0 aliphatic rings. The van der Waals surface area contributed by atoms with Crippen LogP contribution in [0.5, 0.6) is 0 Å². The number of halogens is 4. The summed E-state index contributed by atoms with van der Waals surface area (Å²) >= 11 is 20.2. The van der Waals surface area contributed by atoms with E-state index in [9.17, 15) is 0 Å². The lowest BCUT2D eigenvalue weighted by Gasteiger charge is -2.09. The quantitative estimate of drug-likeness (QED) is 0.722. The standard InChI is InChI=1S/C10H7Cl3IN3/c1-4-8(14)10(15)17(16-4)9-6(12)2-5(11)3-7(9)13/h2-3H,15H2,1H3. The summed E-state index contributed by atoms with van der Waals surface area (Å²) in [6, 6.07) is 3.21. The number of rotatable bonds is 1. The number of nitrogens with two attached hydrogens (primary N) is 1. The van der Waals surface area contributed by atoms with E-state index in [1.165, 1.54) is 4.68 Å². The number of nitrogens with zero attached hydrogens (tertiary/aromatic N) is 2. The molecule has 0 spiro atoms. The van der Waals surface area contributed by atoms with Crippen LogP contribution < -0.4 is 5.73 Å². The smallest absolute Gasteiger partial charge is 0.141 e. The zero-order valence-electron chi connectivity index (χ0n) is 8.64. The van der Waals surface area contributed by atoms with E-state index in [4.69, 9.17) is 40.5 Å². The fraction of sp³-hybridized carbons (Fsp3) is 0.100. The van der Waals surface area contributed by atoms with Crippen molar-refractivity contribution in [1.82, 2.24) is 9.78 Å². The van der Waals surface area contributed by atoms with Gasteiger partial charge in [0.2, 0.25) is 0 Å². The Kier molecular flexibility index (Phi) is 3.77. The summed E-state index contributed by atoms with van der Waals surface area (Å²) in [4.78, 5) is 0. The molecule has 2 aromatic rings. The van der Waals surface area contributed by atoms with E-state index in [1.54, 1.807) is 12.1 Å². The lowest BCUT2D eigenvalue weighted by atomic mass is 10.3. The molecule has 1 heterocycles. The van der Waals surface area contributed by atoms with Gasteiger partial charge in [-0.2, -0.15) is 5.10 Å². The third-order valence-electron chi connectivity index (χ3n) is 2.21. The number of aromatic nitrogens is 2. The van der Waals surface area contributed by atoms with Gasteiger partial charge < -0.3 is 5.73 Å². The van der Waals surface area contributed by atoms with Gasteiger partial charge in [0.15, 0.2) is 0 Å². The summed E-state index contributed by atoms with van der Waals surface area (Å²) in [6.07, 6.45) is 0. The normalized spacial score (nSPS) is 10.9. The number of nitrogen functional groups attached to an aromatic ring is 1. The number of aryl methyl sites for hydroxylation is 1. The molecule has 0 atom stereocenters. The summed E-state index contributed by atoms with van der Waals surface area (Å²) < 4.78 is 2.41. The van der Waals surface area contributed by atoms with Crippen LogP contribution in [0, 0.1) is 10.5 Å². The lowest BCUT2D eigenvalue weighted by molar-refractivity contribution is 0.872. The van der Waals surface area contributed by atoms with Crippen LogP contribution in [0.1, 0.15) is 5.69 Å². The monoisotopic (exact) mass is 401 g/mol. The van der Waals surface area contributed by atoms with E-state index >= 15 is 0 Å². The number of hydrogen-bond acceptors (Lipinski definition) is 2. The van der Waals surface area contributed by atoms with E-state index in [1.807, 2.05) is 6.92 Å². The highest BCUT2D eigenvalue weighted by molar-refractivity contribution is 14.1. The van der Waals surface area contributed by atoms with E-state index in [2.05, 4.69) is 27.7 Å². The number of anilines is 1. The molecule has 2 N–H and O–H groups in total. The van der Waals surface area contributed by atoms with Crippen LogP contribution in [0.15, 0.2) is 12.1 Å². The molecule has 0 saturated carbocycles. The Morgan fingerprint density at radius 3 is 2.18 bits per heavy atom. The second kappa shape index (κ2) is 4.84. The summed E-state index contributed by atoms with van der Waals surface area (Å²) in [5.41, 5.74) is 7.32. The summed E-state index contributed by atoms with van der Waals surface area (Å²) in [5, 5.41) is 5.60. The van der Waals surface area contributed by atoms with Gasteiger partial charge in [-0.05, 0) is 41.6 Å². The summed E-state index contributed by atoms with van der Waals surface area (Å²) in [6.45, 7) is 1.87. The molecule has 17 heavy (non-hydrogen) atoms. The predicted molar refractivity (Wildman–Crippen MR) is 80.5 cm³/mol. The van der Waals surface area contributed by atoms with Gasteiger partial charge in [-0.25, -0.2) is 4.68 Å². The first-order valence-corrected chi connectivity index (χ1v) is 6.78. The highest BCUT2D eigenvalue weighted by Crippen LogP contribution is 2.34. The van der Waals surface area contributed by atoms with Gasteiger partial charge in [0.1, 0.15) is 11.5 Å². The van der Waals surface area contributed by atoms with Gasteiger partial charge in [0.05, 0.1) is 19.3 Å². The van der Waals surface area contributed by atoms with Crippen LogP contribution in [0.4, 0.5) is 5.82 Å². The minimum absolute atomic E-state index is 0.410. The molecule has 0 amide bonds. The Balaban J connectivity index is 2.73. The molecule has 0 aliphatic heterocycles. The Hall–Kier alpha value is -0.170. The van der Waals surface area contributed by atoms with Crippen molar-refractivity contribution < 1.29 is 0 Å². The fourth-order valence-corrected chi connectivity index (χ4v) is 2.75. The van der Waals surface area contributed by atoms with E-state index in [-0.39, 0.29) is 0 Å². The molecule has 1 aromatic heterocycles. The van der Waals surface area contributed by atoms with E-state index in [0.29, 0.717) is 26.6 Å². The van der Waals surface area contributed by atoms with Gasteiger partial charge >= 0.3 is 0 Å². The maximum absolute atomic E-state index is 6.12.